The highest BCUT2D eigenvalue weighted by Crippen LogP contribution is 2.25. The third kappa shape index (κ3) is 8.27. The number of rotatable bonds is 0. The van der Waals surface area contributed by atoms with Gasteiger partial charge in [-0.1, -0.05) is 74.4 Å². The summed E-state index contributed by atoms with van der Waals surface area (Å²) in [6.45, 7) is 23.0. The standard InChI is InChI=1S/C11H13NO.2C7H12N2S/c1-11(2,3)10-12-8-6-4-5-7-9(8)13-10;2*1-5-8-6(10-9-5)7(2,3)4/h4-7H,1-3H3;2*1-4H3. The molecule has 0 unspecified atom stereocenters. The Morgan fingerprint density at radius 2 is 1.09 bits per heavy atom. The molecule has 0 aliphatic rings. The highest BCUT2D eigenvalue weighted by molar-refractivity contribution is 7.05. The lowest BCUT2D eigenvalue weighted by atomic mass is 9.97. The van der Waals surface area contributed by atoms with Crippen molar-refractivity contribution in [2.75, 3.05) is 0 Å². The topological polar surface area (TPSA) is 77.6 Å². The maximum absolute atomic E-state index is 5.62. The Bertz CT molecular complexity index is 1070. The predicted molar refractivity (Wildman–Crippen MR) is 139 cm³/mol. The highest BCUT2D eigenvalue weighted by Gasteiger charge is 2.20. The molecule has 4 aromatic rings. The Morgan fingerprint density at radius 3 is 1.39 bits per heavy atom. The molecule has 8 heteroatoms. The molecule has 180 valence electrons. The molecular weight excluding hydrogens is 450 g/mol. The van der Waals surface area contributed by atoms with Crippen molar-refractivity contribution in [1.82, 2.24) is 23.7 Å². The van der Waals surface area contributed by atoms with E-state index in [9.17, 15) is 0 Å². The third-order valence-corrected chi connectivity index (χ3v) is 6.74. The van der Waals surface area contributed by atoms with Gasteiger partial charge < -0.3 is 4.42 Å². The summed E-state index contributed by atoms with van der Waals surface area (Å²) in [6.07, 6.45) is 0. The van der Waals surface area contributed by atoms with Crippen LogP contribution in [0.15, 0.2) is 28.7 Å². The zero-order chi connectivity index (χ0) is 25.0. The highest BCUT2D eigenvalue weighted by atomic mass is 32.1. The van der Waals surface area contributed by atoms with Crippen LogP contribution in [0.4, 0.5) is 0 Å². The molecule has 0 aliphatic heterocycles. The lowest BCUT2D eigenvalue weighted by Gasteiger charge is -2.12. The van der Waals surface area contributed by atoms with Crippen LogP contribution in [0.2, 0.25) is 0 Å². The largest absolute Gasteiger partial charge is 0.440 e. The number of fused-ring (bicyclic) bond motifs is 1. The van der Waals surface area contributed by atoms with Crippen molar-refractivity contribution in [3.05, 3.63) is 51.8 Å². The summed E-state index contributed by atoms with van der Waals surface area (Å²) in [7, 11) is 0. The minimum absolute atomic E-state index is 0.0149. The molecule has 4 rings (SSSR count). The molecule has 0 saturated heterocycles. The van der Waals surface area contributed by atoms with E-state index >= 15 is 0 Å². The number of nitrogens with zero attached hydrogens (tertiary/aromatic N) is 5. The van der Waals surface area contributed by atoms with Crippen LogP contribution < -0.4 is 0 Å². The summed E-state index contributed by atoms with van der Waals surface area (Å²) in [5.41, 5.74) is 2.11. The van der Waals surface area contributed by atoms with Crippen LogP contribution in [0.25, 0.3) is 11.1 Å². The molecule has 0 fully saturated rings. The minimum Gasteiger partial charge on any atom is -0.440 e. The molecule has 3 heterocycles. The van der Waals surface area contributed by atoms with Gasteiger partial charge in [-0.3, -0.25) is 0 Å². The Labute approximate surface area is 206 Å². The Hall–Kier alpha value is -2.19. The van der Waals surface area contributed by atoms with Crippen molar-refractivity contribution in [1.29, 1.82) is 0 Å². The fourth-order valence-corrected chi connectivity index (χ4v) is 3.81. The molecule has 33 heavy (non-hydrogen) atoms. The van der Waals surface area contributed by atoms with Crippen LogP contribution in [-0.4, -0.2) is 23.7 Å². The maximum atomic E-state index is 5.62. The second kappa shape index (κ2) is 10.4. The molecule has 6 nitrogen and oxygen atoms in total. The summed E-state index contributed by atoms with van der Waals surface area (Å²) >= 11 is 2.99. The van der Waals surface area contributed by atoms with Crippen LogP contribution in [0, 0.1) is 13.8 Å². The first-order valence-corrected chi connectivity index (χ1v) is 12.6. The number of hydrogen-bond acceptors (Lipinski definition) is 8. The van der Waals surface area contributed by atoms with Crippen molar-refractivity contribution >= 4 is 34.2 Å². The first kappa shape index (κ1) is 27.1. The monoisotopic (exact) mass is 487 g/mol. The van der Waals surface area contributed by atoms with E-state index in [-0.39, 0.29) is 16.2 Å². The summed E-state index contributed by atoms with van der Waals surface area (Å²) < 4.78 is 13.8. The van der Waals surface area contributed by atoms with Gasteiger partial charge >= 0.3 is 0 Å². The average Bonchev–Trinajstić information content (AvgIpc) is 3.40. The lowest BCUT2D eigenvalue weighted by molar-refractivity contribution is 0.411. The maximum Gasteiger partial charge on any atom is 0.200 e. The Morgan fingerprint density at radius 1 is 0.636 bits per heavy atom. The number of aromatic nitrogens is 5. The van der Waals surface area contributed by atoms with E-state index in [2.05, 4.69) is 86.0 Å². The van der Waals surface area contributed by atoms with E-state index in [0.29, 0.717) is 0 Å². The van der Waals surface area contributed by atoms with Crippen molar-refractivity contribution in [3.8, 4) is 0 Å². The molecule has 0 amide bonds. The van der Waals surface area contributed by atoms with Gasteiger partial charge in [0.15, 0.2) is 5.58 Å². The van der Waals surface area contributed by atoms with Crippen molar-refractivity contribution < 1.29 is 4.42 Å². The second-order valence-electron chi connectivity index (χ2n) is 11.0. The fraction of sp³-hybridized carbons (Fsp3) is 0.560. The normalized spacial score (nSPS) is 12.1. The molecule has 0 atom stereocenters. The van der Waals surface area contributed by atoms with Crippen LogP contribution in [0.5, 0.6) is 0 Å². The van der Waals surface area contributed by atoms with E-state index in [1.54, 1.807) is 0 Å². The number of hydrogen-bond donors (Lipinski definition) is 0. The van der Waals surface area contributed by atoms with Crippen LogP contribution >= 0.6 is 23.1 Å². The molecule has 0 bridgehead atoms. The number of benzene rings is 1. The summed E-state index contributed by atoms with van der Waals surface area (Å²) in [5.74, 6) is 2.57. The van der Waals surface area contributed by atoms with Crippen molar-refractivity contribution in [3.63, 3.8) is 0 Å². The van der Waals surface area contributed by atoms with Gasteiger partial charge in [0, 0.05) is 16.2 Å². The summed E-state index contributed by atoms with van der Waals surface area (Å²) in [5, 5.41) is 2.23. The first-order chi connectivity index (χ1) is 15.1. The lowest BCUT2D eigenvalue weighted by Crippen LogP contribution is -2.10. The zero-order valence-electron chi connectivity index (χ0n) is 21.8. The van der Waals surface area contributed by atoms with Gasteiger partial charge in [0.2, 0.25) is 5.89 Å². The molecule has 3 aromatic heterocycles. The van der Waals surface area contributed by atoms with Crippen molar-refractivity contribution in [2.45, 2.75) is 92.4 Å². The number of oxazole rings is 1. The number of aryl methyl sites for hydroxylation is 2. The van der Waals surface area contributed by atoms with Crippen LogP contribution in [0.3, 0.4) is 0 Å². The summed E-state index contributed by atoms with van der Waals surface area (Å²) in [6, 6.07) is 7.84. The van der Waals surface area contributed by atoms with E-state index in [1.165, 1.54) is 23.1 Å². The molecule has 0 saturated carbocycles. The predicted octanol–water partition coefficient (Wildman–Crippen LogP) is 7.41. The van der Waals surface area contributed by atoms with Gasteiger partial charge in [-0.25, -0.2) is 15.0 Å². The van der Waals surface area contributed by atoms with Gasteiger partial charge in [-0.05, 0) is 49.0 Å². The smallest absolute Gasteiger partial charge is 0.200 e. The van der Waals surface area contributed by atoms with E-state index < -0.39 is 0 Å². The first-order valence-electron chi connectivity index (χ1n) is 11.0. The van der Waals surface area contributed by atoms with Crippen LogP contribution in [-0.2, 0) is 16.2 Å². The van der Waals surface area contributed by atoms with Gasteiger partial charge in [0.25, 0.3) is 0 Å². The van der Waals surface area contributed by atoms with E-state index in [4.69, 9.17) is 4.42 Å². The fourth-order valence-electron chi connectivity index (χ4n) is 2.40. The van der Waals surface area contributed by atoms with Gasteiger partial charge in [-0.15, -0.1) is 0 Å². The van der Waals surface area contributed by atoms with Gasteiger partial charge in [0.1, 0.15) is 27.2 Å². The van der Waals surface area contributed by atoms with Gasteiger partial charge in [-0.2, -0.15) is 8.75 Å². The molecular formula is C25H37N5OS2. The SMILES string of the molecule is CC(C)(C)c1nc2ccccc2o1.Cc1nsc(C(C)(C)C)n1.Cc1nsc(C(C)(C)C)n1. The van der Waals surface area contributed by atoms with E-state index in [0.717, 1.165) is 38.7 Å². The van der Waals surface area contributed by atoms with Crippen molar-refractivity contribution in [2.24, 2.45) is 0 Å². The quantitative estimate of drug-likeness (QED) is 0.257. The zero-order valence-corrected chi connectivity index (χ0v) is 23.4. The third-order valence-electron chi connectivity index (χ3n) is 4.27. The second-order valence-corrected chi connectivity index (χ2v) is 12.5. The molecule has 1 aromatic carbocycles. The minimum atomic E-state index is -0.0149. The molecule has 0 spiro atoms. The van der Waals surface area contributed by atoms with Gasteiger partial charge in [0.05, 0.1) is 0 Å². The van der Waals surface area contributed by atoms with E-state index in [1.807, 2.05) is 38.1 Å². The average molecular weight is 488 g/mol. The summed E-state index contributed by atoms with van der Waals surface area (Å²) in [4.78, 5) is 13.0. The van der Waals surface area contributed by atoms with Crippen LogP contribution in [0.1, 0.15) is 89.9 Å². The number of para-hydroxylation sites is 2. The molecule has 0 N–H and O–H groups in total. The molecule has 0 aliphatic carbocycles. The Kier molecular flexibility index (Phi) is 8.52. The Balaban J connectivity index is 0.000000178. The molecule has 0 radical (unpaired) electrons.